The molecule has 1 heterocycles. The third-order valence-corrected chi connectivity index (χ3v) is 4.81. The molecule has 23 heavy (non-hydrogen) atoms. The lowest BCUT2D eigenvalue weighted by Crippen LogP contribution is -2.43. The van der Waals surface area contributed by atoms with Crippen molar-refractivity contribution >= 4 is 15.7 Å². The van der Waals surface area contributed by atoms with E-state index in [0.717, 1.165) is 18.2 Å². The third kappa shape index (κ3) is 5.21. The van der Waals surface area contributed by atoms with Crippen LogP contribution in [0.25, 0.3) is 0 Å². The van der Waals surface area contributed by atoms with Crippen molar-refractivity contribution in [2.45, 2.75) is 11.9 Å². The molecule has 1 amide bonds. The highest BCUT2D eigenvalue weighted by Gasteiger charge is 2.31. The summed E-state index contributed by atoms with van der Waals surface area (Å²) in [6, 6.07) is 4.11. The molecule has 2 rings (SSSR count). The number of carbonyl (C=O) groups is 1. The van der Waals surface area contributed by atoms with E-state index in [9.17, 15) is 26.4 Å². The second-order valence-corrected chi connectivity index (χ2v) is 7.29. The Balaban J connectivity index is 2.04. The number of alkyl halides is 3. The maximum absolute atomic E-state index is 12.6. The van der Waals surface area contributed by atoms with Crippen molar-refractivity contribution in [3.05, 3.63) is 35.4 Å². The molecule has 0 atom stereocenters. The molecule has 1 aliphatic heterocycles. The van der Waals surface area contributed by atoms with Crippen LogP contribution < -0.4 is 0 Å². The normalized spacial score (nSPS) is 16.4. The third-order valence-electron chi connectivity index (χ3n) is 3.35. The van der Waals surface area contributed by atoms with E-state index in [2.05, 4.69) is 0 Å². The molecule has 0 spiro atoms. The Labute approximate surface area is 132 Å². The number of ether oxygens (including phenoxy) is 1. The van der Waals surface area contributed by atoms with Gasteiger partial charge in [0, 0.05) is 13.1 Å². The Morgan fingerprint density at radius 1 is 1.22 bits per heavy atom. The maximum atomic E-state index is 12.6. The van der Waals surface area contributed by atoms with Crippen LogP contribution in [0.5, 0.6) is 0 Å². The number of sulfone groups is 1. The van der Waals surface area contributed by atoms with Crippen LogP contribution in [-0.4, -0.2) is 51.3 Å². The summed E-state index contributed by atoms with van der Waals surface area (Å²) in [6.45, 7) is 1.33. The summed E-state index contributed by atoms with van der Waals surface area (Å²) in [6.07, 6.45) is -4.54. The van der Waals surface area contributed by atoms with E-state index in [0.29, 0.717) is 26.3 Å². The van der Waals surface area contributed by atoms with Gasteiger partial charge in [-0.25, -0.2) is 8.42 Å². The lowest BCUT2D eigenvalue weighted by molar-refractivity contribution is -0.137. The van der Waals surface area contributed by atoms with Crippen molar-refractivity contribution in [3.8, 4) is 0 Å². The molecule has 0 radical (unpaired) electrons. The fraction of sp³-hybridized carbons (Fsp3) is 0.500. The number of nitrogens with zero attached hydrogens (tertiary/aromatic N) is 1. The number of hydrogen-bond donors (Lipinski definition) is 0. The van der Waals surface area contributed by atoms with Gasteiger partial charge in [0.15, 0.2) is 9.84 Å². The predicted molar refractivity (Wildman–Crippen MR) is 76.3 cm³/mol. The summed E-state index contributed by atoms with van der Waals surface area (Å²) in [4.78, 5) is 13.3. The molecule has 1 saturated heterocycles. The van der Waals surface area contributed by atoms with Crippen LogP contribution in [0, 0.1) is 0 Å². The second-order valence-electron chi connectivity index (χ2n) is 5.22. The topological polar surface area (TPSA) is 63.7 Å². The zero-order valence-corrected chi connectivity index (χ0v) is 13.0. The first-order valence-corrected chi connectivity index (χ1v) is 8.72. The Kier molecular flexibility index (Phi) is 5.30. The molecule has 128 valence electrons. The number of benzene rings is 1. The smallest absolute Gasteiger partial charge is 0.378 e. The molecule has 0 bridgehead atoms. The van der Waals surface area contributed by atoms with Gasteiger partial charge >= 0.3 is 6.18 Å². The quantitative estimate of drug-likeness (QED) is 0.824. The van der Waals surface area contributed by atoms with Gasteiger partial charge in [-0.3, -0.25) is 4.79 Å². The van der Waals surface area contributed by atoms with E-state index in [4.69, 9.17) is 4.74 Å². The van der Waals surface area contributed by atoms with Crippen molar-refractivity contribution in [1.29, 1.82) is 0 Å². The predicted octanol–water partition coefficient (Wildman–Crippen LogP) is 1.48. The molecule has 0 unspecified atom stereocenters. The van der Waals surface area contributed by atoms with E-state index in [1.54, 1.807) is 0 Å². The number of rotatable bonds is 4. The monoisotopic (exact) mass is 351 g/mol. The van der Waals surface area contributed by atoms with Crippen LogP contribution in [0.15, 0.2) is 24.3 Å². The van der Waals surface area contributed by atoms with Crippen LogP contribution in [0.2, 0.25) is 0 Å². The fourth-order valence-corrected chi connectivity index (χ4v) is 3.58. The Bertz CT molecular complexity index is 667. The average molecular weight is 351 g/mol. The number of amides is 1. The van der Waals surface area contributed by atoms with Gasteiger partial charge in [-0.2, -0.15) is 13.2 Å². The molecule has 1 aliphatic rings. The molecule has 1 fully saturated rings. The molecule has 5 nitrogen and oxygen atoms in total. The van der Waals surface area contributed by atoms with E-state index in [-0.39, 0.29) is 5.56 Å². The number of carbonyl (C=O) groups excluding carboxylic acids is 1. The van der Waals surface area contributed by atoms with Gasteiger partial charge in [-0.1, -0.05) is 18.2 Å². The first kappa shape index (κ1) is 17.7. The summed E-state index contributed by atoms with van der Waals surface area (Å²) in [5.41, 5.74) is -0.903. The van der Waals surface area contributed by atoms with Gasteiger partial charge < -0.3 is 9.64 Å². The average Bonchev–Trinajstić information content (AvgIpc) is 2.46. The molecule has 0 aromatic heterocycles. The Hall–Kier alpha value is -1.61. The molecule has 0 aliphatic carbocycles. The van der Waals surface area contributed by atoms with Crippen LogP contribution in [0.3, 0.4) is 0 Å². The lowest BCUT2D eigenvalue weighted by Gasteiger charge is -2.26. The minimum absolute atomic E-state index is 0.00889. The van der Waals surface area contributed by atoms with Gasteiger partial charge in [0.2, 0.25) is 5.91 Å². The highest BCUT2D eigenvalue weighted by Crippen LogP contribution is 2.29. The Morgan fingerprint density at radius 2 is 1.87 bits per heavy atom. The number of halogens is 3. The minimum Gasteiger partial charge on any atom is -0.378 e. The molecule has 0 N–H and O–H groups in total. The molecule has 1 aromatic carbocycles. The van der Waals surface area contributed by atoms with E-state index in [1.807, 2.05) is 0 Å². The highest BCUT2D eigenvalue weighted by molar-refractivity contribution is 7.91. The summed E-state index contributed by atoms with van der Waals surface area (Å²) >= 11 is 0. The molecular formula is C14H16F3NO4S. The van der Waals surface area contributed by atoms with Crippen LogP contribution in [-0.2, 0) is 31.3 Å². The van der Waals surface area contributed by atoms with Crippen LogP contribution in [0.4, 0.5) is 13.2 Å². The van der Waals surface area contributed by atoms with Gasteiger partial charge in [0.05, 0.1) is 24.5 Å². The fourth-order valence-electron chi connectivity index (χ4n) is 2.23. The minimum atomic E-state index is -4.54. The van der Waals surface area contributed by atoms with E-state index >= 15 is 0 Å². The zero-order valence-electron chi connectivity index (χ0n) is 12.2. The van der Waals surface area contributed by atoms with Crippen molar-refractivity contribution < 1.29 is 31.1 Å². The summed E-state index contributed by atoms with van der Waals surface area (Å²) < 4.78 is 67.1. The van der Waals surface area contributed by atoms with E-state index < -0.39 is 39.0 Å². The first-order chi connectivity index (χ1) is 10.7. The van der Waals surface area contributed by atoms with Gasteiger partial charge in [-0.15, -0.1) is 0 Å². The van der Waals surface area contributed by atoms with Gasteiger partial charge in [0.1, 0.15) is 5.75 Å². The summed E-state index contributed by atoms with van der Waals surface area (Å²) in [5, 5.41) is 0. The number of hydrogen-bond acceptors (Lipinski definition) is 4. The molecule has 0 saturated carbocycles. The van der Waals surface area contributed by atoms with E-state index in [1.165, 1.54) is 11.0 Å². The van der Waals surface area contributed by atoms with Crippen LogP contribution in [0.1, 0.15) is 11.1 Å². The van der Waals surface area contributed by atoms with Crippen molar-refractivity contribution in [2.24, 2.45) is 0 Å². The SMILES string of the molecule is O=C(CS(=O)(=O)Cc1cccc(C(F)(F)F)c1)N1CCOCC1. The highest BCUT2D eigenvalue weighted by atomic mass is 32.2. The maximum Gasteiger partial charge on any atom is 0.416 e. The molecule has 1 aromatic rings. The van der Waals surface area contributed by atoms with Crippen LogP contribution >= 0.6 is 0 Å². The standard InChI is InChI=1S/C14H16F3NO4S/c15-14(16,17)12-3-1-2-11(8-12)9-23(20,21)10-13(19)18-4-6-22-7-5-18/h1-3,8H,4-7,9-10H2. The molecule has 9 heteroatoms. The van der Waals surface area contributed by atoms with Gasteiger partial charge in [-0.05, 0) is 11.6 Å². The Morgan fingerprint density at radius 3 is 2.48 bits per heavy atom. The molecular weight excluding hydrogens is 335 g/mol. The largest absolute Gasteiger partial charge is 0.416 e. The zero-order chi connectivity index (χ0) is 17.1. The van der Waals surface area contributed by atoms with Crippen molar-refractivity contribution in [1.82, 2.24) is 4.90 Å². The first-order valence-electron chi connectivity index (χ1n) is 6.89. The van der Waals surface area contributed by atoms with Crippen molar-refractivity contribution in [2.75, 3.05) is 32.1 Å². The summed E-state index contributed by atoms with van der Waals surface area (Å²) in [5.74, 6) is -1.88. The second kappa shape index (κ2) is 6.88. The summed E-state index contributed by atoms with van der Waals surface area (Å²) in [7, 11) is -3.84. The van der Waals surface area contributed by atoms with Crippen molar-refractivity contribution in [3.63, 3.8) is 0 Å². The lowest BCUT2D eigenvalue weighted by atomic mass is 10.1. The number of morpholine rings is 1. The van der Waals surface area contributed by atoms with Gasteiger partial charge in [0.25, 0.3) is 0 Å².